The van der Waals surface area contributed by atoms with E-state index in [1.54, 1.807) is 12.1 Å². The molecule has 1 rings (SSSR count). The van der Waals surface area contributed by atoms with Crippen molar-refractivity contribution in [3.8, 4) is 0 Å². The van der Waals surface area contributed by atoms with E-state index in [-0.39, 0.29) is 6.54 Å². The summed E-state index contributed by atoms with van der Waals surface area (Å²) in [5, 5.41) is 3.31. The number of hydrogen-bond donors (Lipinski definition) is 1. The van der Waals surface area contributed by atoms with Crippen molar-refractivity contribution in [2.45, 2.75) is 32.6 Å². The molecule has 0 aliphatic carbocycles. The molecule has 1 unspecified atom stereocenters. The third kappa shape index (κ3) is 8.31. The van der Waals surface area contributed by atoms with Crippen molar-refractivity contribution in [1.82, 2.24) is 5.32 Å². The minimum Gasteiger partial charge on any atom is -0.382 e. The molecule has 0 bridgehead atoms. The molecule has 3 nitrogen and oxygen atoms in total. The Morgan fingerprint density at radius 1 is 1.21 bits per heavy atom. The molecule has 0 fully saturated rings. The summed E-state index contributed by atoms with van der Waals surface area (Å²) >= 11 is 5.94. The van der Waals surface area contributed by atoms with Crippen LogP contribution in [0.4, 0.5) is 13.2 Å². The molecular formula is C21H25ClF3NO2. The molecule has 0 aromatic heterocycles. The summed E-state index contributed by atoms with van der Waals surface area (Å²) in [5.74, 6) is -4.09. The molecule has 1 amide bonds. The van der Waals surface area contributed by atoms with E-state index in [0.29, 0.717) is 30.7 Å². The molecule has 0 aliphatic heterocycles. The van der Waals surface area contributed by atoms with E-state index in [2.05, 4.69) is 5.32 Å². The molecule has 0 heterocycles. The minimum absolute atomic E-state index is 0.272. The van der Waals surface area contributed by atoms with Gasteiger partial charge in [0.1, 0.15) is 11.7 Å². The lowest BCUT2D eigenvalue weighted by atomic mass is 9.79. The zero-order valence-electron chi connectivity index (χ0n) is 16.2. The van der Waals surface area contributed by atoms with Crippen LogP contribution in [0.2, 0.25) is 5.02 Å². The zero-order valence-corrected chi connectivity index (χ0v) is 17.0. The average Bonchev–Trinajstić information content (AvgIpc) is 2.65. The Morgan fingerprint density at radius 2 is 1.86 bits per heavy atom. The summed E-state index contributed by atoms with van der Waals surface area (Å²) in [6.07, 6.45) is 2.72. The SMILES string of the molecule is CCOCCC(C)(CNC(=O)C=CC(F)=CC(F)=C(C)F)c1ccc(Cl)cc1. The lowest BCUT2D eigenvalue weighted by Crippen LogP contribution is -2.39. The van der Waals surface area contributed by atoms with E-state index in [4.69, 9.17) is 16.3 Å². The molecule has 1 aromatic carbocycles. The highest BCUT2D eigenvalue weighted by atomic mass is 35.5. The van der Waals surface area contributed by atoms with Crippen molar-refractivity contribution in [1.29, 1.82) is 0 Å². The van der Waals surface area contributed by atoms with Crippen LogP contribution in [0.1, 0.15) is 32.8 Å². The number of hydrogen-bond acceptors (Lipinski definition) is 2. The van der Waals surface area contributed by atoms with Gasteiger partial charge in [0.2, 0.25) is 5.91 Å². The van der Waals surface area contributed by atoms with Crippen LogP contribution < -0.4 is 5.32 Å². The Kier molecular flexibility index (Phi) is 10.0. The third-order valence-corrected chi connectivity index (χ3v) is 4.44. The molecule has 1 atom stereocenters. The quantitative estimate of drug-likeness (QED) is 0.301. The Balaban J connectivity index is 2.81. The van der Waals surface area contributed by atoms with Crippen LogP contribution in [0.5, 0.6) is 0 Å². The van der Waals surface area contributed by atoms with Crippen molar-refractivity contribution < 1.29 is 22.7 Å². The number of benzene rings is 1. The van der Waals surface area contributed by atoms with Crippen LogP contribution in [0, 0.1) is 0 Å². The second-order valence-electron chi connectivity index (χ2n) is 6.48. The average molecular weight is 416 g/mol. The van der Waals surface area contributed by atoms with Gasteiger partial charge in [-0.1, -0.05) is 30.7 Å². The van der Waals surface area contributed by atoms with Crippen LogP contribution in [-0.4, -0.2) is 25.7 Å². The number of rotatable bonds is 10. The molecule has 0 saturated heterocycles. The fourth-order valence-corrected chi connectivity index (χ4v) is 2.52. The lowest BCUT2D eigenvalue weighted by molar-refractivity contribution is -0.116. The van der Waals surface area contributed by atoms with E-state index >= 15 is 0 Å². The topological polar surface area (TPSA) is 38.3 Å². The largest absolute Gasteiger partial charge is 0.382 e. The van der Waals surface area contributed by atoms with Gasteiger partial charge in [0.25, 0.3) is 0 Å². The molecule has 0 aliphatic rings. The molecule has 28 heavy (non-hydrogen) atoms. The van der Waals surface area contributed by atoms with Crippen molar-refractivity contribution in [2.24, 2.45) is 0 Å². The number of nitrogens with one attached hydrogen (secondary N) is 1. The summed E-state index contributed by atoms with van der Waals surface area (Å²) in [7, 11) is 0. The number of carbonyl (C=O) groups excluding carboxylic acids is 1. The van der Waals surface area contributed by atoms with Gasteiger partial charge < -0.3 is 10.1 Å². The van der Waals surface area contributed by atoms with Gasteiger partial charge in [0.05, 0.1) is 0 Å². The highest BCUT2D eigenvalue weighted by Crippen LogP contribution is 2.28. The monoisotopic (exact) mass is 415 g/mol. The first-order valence-corrected chi connectivity index (χ1v) is 9.24. The first kappa shape index (κ1) is 24.0. The summed E-state index contributed by atoms with van der Waals surface area (Å²) in [5.41, 5.74) is 0.537. The van der Waals surface area contributed by atoms with Crippen LogP contribution in [-0.2, 0) is 14.9 Å². The summed E-state index contributed by atoms with van der Waals surface area (Å²) in [4.78, 5) is 12.0. The standard InChI is InChI=1S/C21H25ClF3NO2/c1-4-28-12-11-21(3,16-5-7-17(22)8-6-16)14-26-20(27)10-9-18(24)13-19(25)15(2)23/h5-10,13H,4,11-12,14H2,1-3H3,(H,26,27). The number of carbonyl (C=O) groups is 1. The Morgan fingerprint density at radius 3 is 2.43 bits per heavy atom. The first-order valence-electron chi connectivity index (χ1n) is 8.86. The van der Waals surface area contributed by atoms with Gasteiger partial charge in [-0.3, -0.25) is 4.79 Å². The highest BCUT2D eigenvalue weighted by Gasteiger charge is 2.27. The van der Waals surface area contributed by atoms with Crippen molar-refractivity contribution in [3.05, 3.63) is 70.6 Å². The Labute approximate surface area is 168 Å². The van der Waals surface area contributed by atoms with E-state index in [1.165, 1.54) is 0 Å². The van der Waals surface area contributed by atoms with Crippen LogP contribution in [0.15, 0.2) is 60.0 Å². The van der Waals surface area contributed by atoms with E-state index in [1.807, 2.05) is 26.0 Å². The molecule has 0 saturated carbocycles. The Bertz CT molecular complexity index is 741. The predicted molar refractivity (Wildman–Crippen MR) is 106 cm³/mol. The maximum atomic E-state index is 13.5. The van der Waals surface area contributed by atoms with E-state index in [9.17, 15) is 18.0 Å². The van der Waals surface area contributed by atoms with Gasteiger partial charge in [-0.15, -0.1) is 0 Å². The van der Waals surface area contributed by atoms with Gasteiger partial charge in [0, 0.05) is 42.3 Å². The van der Waals surface area contributed by atoms with Crippen LogP contribution in [0.3, 0.4) is 0 Å². The second kappa shape index (κ2) is 11.7. The summed E-state index contributed by atoms with van der Waals surface area (Å²) in [6, 6.07) is 7.31. The molecule has 7 heteroatoms. The van der Waals surface area contributed by atoms with Crippen molar-refractivity contribution in [2.75, 3.05) is 19.8 Å². The number of ether oxygens (including phenoxy) is 1. The molecule has 0 radical (unpaired) electrons. The second-order valence-corrected chi connectivity index (χ2v) is 6.91. The van der Waals surface area contributed by atoms with E-state index < -0.39 is 28.8 Å². The zero-order chi connectivity index (χ0) is 21.2. The normalized spacial score (nSPS) is 15.3. The maximum absolute atomic E-state index is 13.5. The Hall–Kier alpha value is -2.05. The number of halogens is 4. The summed E-state index contributed by atoms with van der Waals surface area (Å²) < 4.78 is 44.5. The van der Waals surface area contributed by atoms with Gasteiger partial charge in [-0.05, 0) is 44.0 Å². The van der Waals surface area contributed by atoms with Gasteiger partial charge in [-0.25, -0.2) is 13.2 Å². The molecule has 1 aromatic rings. The fourth-order valence-electron chi connectivity index (χ4n) is 2.39. The van der Waals surface area contributed by atoms with Gasteiger partial charge in [-0.2, -0.15) is 0 Å². The summed E-state index contributed by atoms with van der Waals surface area (Å²) in [6.45, 7) is 6.11. The van der Waals surface area contributed by atoms with Crippen molar-refractivity contribution >= 4 is 17.5 Å². The number of allylic oxidation sites excluding steroid dienone is 5. The van der Waals surface area contributed by atoms with E-state index in [0.717, 1.165) is 24.6 Å². The molecule has 1 N–H and O–H groups in total. The van der Waals surface area contributed by atoms with Crippen molar-refractivity contribution in [3.63, 3.8) is 0 Å². The maximum Gasteiger partial charge on any atom is 0.244 e. The van der Waals surface area contributed by atoms with Gasteiger partial charge in [0.15, 0.2) is 5.83 Å². The predicted octanol–water partition coefficient (Wildman–Crippen LogP) is 5.72. The smallest absolute Gasteiger partial charge is 0.244 e. The lowest BCUT2D eigenvalue weighted by Gasteiger charge is -2.30. The number of amides is 1. The van der Waals surface area contributed by atoms with Crippen LogP contribution in [0.25, 0.3) is 0 Å². The molecule has 0 spiro atoms. The molecular weight excluding hydrogens is 391 g/mol. The van der Waals surface area contributed by atoms with Crippen LogP contribution >= 0.6 is 11.6 Å². The fraction of sp³-hybridized carbons (Fsp3) is 0.381. The van der Waals surface area contributed by atoms with Gasteiger partial charge >= 0.3 is 0 Å². The molecule has 154 valence electrons. The highest BCUT2D eigenvalue weighted by molar-refractivity contribution is 6.30. The minimum atomic E-state index is -1.33. The third-order valence-electron chi connectivity index (χ3n) is 4.18. The first-order chi connectivity index (χ1) is 13.2.